The van der Waals surface area contributed by atoms with E-state index in [1.807, 2.05) is 0 Å². The van der Waals surface area contributed by atoms with E-state index in [0.717, 1.165) is 38.2 Å². The lowest BCUT2D eigenvalue weighted by molar-refractivity contribution is -0.132. The van der Waals surface area contributed by atoms with Gasteiger partial charge in [0.15, 0.2) is 0 Å². The molecular formula is C11H16N2O3. The van der Waals surface area contributed by atoms with Crippen LogP contribution in [0.1, 0.15) is 12.8 Å². The zero-order valence-corrected chi connectivity index (χ0v) is 9.13. The van der Waals surface area contributed by atoms with E-state index in [-0.39, 0.29) is 5.91 Å². The molecule has 0 aromatic rings. The number of aliphatic carboxylic acids is 1. The van der Waals surface area contributed by atoms with Crippen LogP contribution in [0.3, 0.4) is 0 Å². The van der Waals surface area contributed by atoms with E-state index in [1.54, 1.807) is 4.90 Å². The summed E-state index contributed by atoms with van der Waals surface area (Å²) in [6.07, 6.45) is 4.40. The van der Waals surface area contributed by atoms with Gasteiger partial charge in [-0.25, -0.2) is 4.79 Å². The summed E-state index contributed by atoms with van der Waals surface area (Å²) in [6.45, 7) is 3.50. The summed E-state index contributed by atoms with van der Waals surface area (Å²) in [4.78, 5) is 26.1. The number of hydrogen-bond acceptors (Lipinski definition) is 3. The fourth-order valence-electron chi connectivity index (χ4n) is 2.44. The van der Waals surface area contributed by atoms with Crippen molar-refractivity contribution in [3.63, 3.8) is 0 Å². The third kappa shape index (κ3) is 2.41. The van der Waals surface area contributed by atoms with Crippen molar-refractivity contribution in [3.05, 3.63) is 12.2 Å². The summed E-state index contributed by atoms with van der Waals surface area (Å²) < 4.78 is 0. The minimum Gasteiger partial charge on any atom is -0.478 e. The Morgan fingerprint density at radius 1 is 1.19 bits per heavy atom. The Balaban J connectivity index is 1.91. The molecule has 0 aliphatic carbocycles. The van der Waals surface area contributed by atoms with Crippen LogP contribution in [0.2, 0.25) is 0 Å². The number of carboxylic acids is 1. The molecule has 1 amide bonds. The van der Waals surface area contributed by atoms with Gasteiger partial charge in [0.25, 0.3) is 0 Å². The van der Waals surface area contributed by atoms with Crippen molar-refractivity contribution in [2.45, 2.75) is 18.9 Å². The second-order valence-corrected chi connectivity index (χ2v) is 4.29. The van der Waals surface area contributed by atoms with Crippen molar-refractivity contribution in [1.29, 1.82) is 0 Å². The van der Waals surface area contributed by atoms with Crippen molar-refractivity contribution in [2.24, 2.45) is 0 Å². The van der Waals surface area contributed by atoms with Crippen molar-refractivity contribution in [3.8, 4) is 0 Å². The minimum absolute atomic E-state index is 0.186. The van der Waals surface area contributed by atoms with Crippen molar-refractivity contribution >= 4 is 11.9 Å². The molecule has 0 spiro atoms. The molecule has 2 fully saturated rings. The Bertz CT molecular complexity index is 327. The molecule has 0 saturated carbocycles. The first-order valence-electron chi connectivity index (χ1n) is 5.61. The number of piperazine rings is 1. The molecule has 0 bridgehead atoms. The van der Waals surface area contributed by atoms with E-state index in [1.165, 1.54) is 6.42 Å². The number of nitrogens with zero attached hydrogens (tertiary/aromatic N) is 2. The van der Waals surface area contributed by atoms with E-state index in [4.69, 9.17) is 5.11 Å². The van der Waals surface area contributed by atoms with Gasteiger partial charge in [-0.3, -0.25) is 9.69 Å². The molecule has 0 aromatic carbocycles. The summed E-state index contributed by atoms with van der Waals surface area (Å²) in [5.74, 6) is -1.26. The Morgan fingerprint density at radius 3 is 2.75 bits per heavy atom. The number of hydrogen-bond donors (Lipinski definition) is 1. The second kappa shape index (κ2) is 4.65. The number of carbonyl (C=O) groups excluding carboxylic acids is 1. The van der Waals surface area contributed by atoms with Gasteiger partial charge in [-0.15, -0.1) is 0 Å². The SMILES string of the molecule is O=C(O)C=CC(=O)N1CCN2CCCC2C1. The normalized spacial score (nSPS) is 26.0. The van der Waals surface area contributed by atoms with Gasteiger partial charge < -0.3 is 10.0 Å². The standard InChI is InChI=1S/C11H16N2O3/c14-10(3-4-11(15)16)13-7-6-12-5-1-2-9(12)8-13/h3-4,9H,1-2,5-8H2,(H,15,16). The Kier molecular flexibility index (Phi) is 3.24. The van der Waals surface area contributed by atoms with Crippen molar-refractivity contribution in [1.82, 2.24) is 9.80 Å². The molecule has 2 aliphatic rings. The highest BCUT2D eigenvalue weighted by atomic mass is 16.4. The highest BCUT2D eigenvalue weighted by Crippen LogP contribution is 2.21. The summed E-state index contributed by atoms with van der Waals surface area (Å²) in [5.41, 5.74) is 0. The van der Waals surface area contributed by atoms with Crippen LogP contribution in [0.5, 0.6) is 0 Å². The zero-order chi connectivity index (χ0) is 11.5. The average molecular weight is 224 g/mol. The largest absolute Gasteiger partial charge is 0.478 e. The number of rotatable bonds is 2. The molecule has 0 aromatic heterocycles. The van der Waals surface area contributed by atoms with Gasteiger partial charge >= 0.3 is 5.97 Å². The molecule has 2 aliphatic heterocycles. The van der Waals surface area contributed by atoms with Crippen LogP contribution < -0.4 is 0 Å². The van der Waals surface area contributed by atoms with Crippen LogP contribution >= 0.6 is 0 Å². The van der Waals surface area contributed by atoms with E-state index in [2.05, 4.69) is 4.90 Å². The zero-order valence-electron chi connectivity index (χ0n) is 9.13. The molecule has 0 radical (unpaired) electrons. The van der Waals surface area contributed by atoms with Crippen LogP contribution in [0.25, 0.3) is 0 Å². The molecule has 2 heterocycles. The van der Waals surface area contributed by atoms with Gasteiger partial charge in [-0.1, -0.05) is 0 Å². The predicted molar refractivity (Wildman–Crippen MR) is 58.0 cm³/mol. The fraction of sp³-hybridized carbons (Fsp3) is 0.636. The lowest BCUT2D eigenvalue weighted by Gasteiger charge is -2.36. The van der Waals surface area contributed by atoms with Gasteiger partial charge in [-0.05, 0) is 19.4 Å². The van der Waals surface area contributed by atoms with E-state index < -0.39 is 5.97 Å². The lowest BCUT2D eigenvalue weighted by Crippen LogP contribution is -2.51. The molecule has 5 nitrogen and oxygen atoms in total. The molecule has 2 saturated heterocycles. The van der Waals surface area contributed by atoms with E-state index in [0.29, 0.717) is 12.6 Å². The number of carbonyl (C=O) groups is 2. The fourth-order valence-corrected chi connectivity index (χ4v) is 2.44. The van der Waals surface area contributed by atoms with Crippen LogP contribution in [0.4, 0.5) is 0 Å². The number of amides is 1. The summed E-state index contributed by atoms with van der Waals surface area (Å²) in [7, 11) is 0. The maximum absolute atomic E-state index is 11.6. The smallest absolute Gasteiger partial charge is 0.328 e. The van der Waals surface area contributed by atoms with Crippen molar-refractivity contribution < 1.29 is 14.7 Å². The third-order valence-electron chi connectivity index (χ3n) is 3.27. The van der Waals surface area contributed by atoms with Crippen LogP contribution in [0.15, 0.2) is 12.2 Å². The first-order valence-corrected chi connectivity index (χ1v) is 5.61. The van der Waals surface area contributed by atoms with Gasteiger partial charge in [0, 0.05) is 37.8 Å². The molecule has 1 atom stereocenters. The molecule has 1 N–H and O–H groups in total. The summed E-state index contributed by atoms with van der Waals surface area (Å²) >= 11 is 0. The monoisotopic (exact) mass is 224 g/mol. The quantitative estimate of drug-likeness (QED) is 0.667. The summed E-state index contributed by atoms with van der Waals surface area (Å²) in [6, 6.07) is 0.482. The topological polar surface area (TPSA) is 60.9 Å². The van der Waals surface area contributed by atoms with Crippen LogP contribution in [-0.4, -0.2) is 59.0 Å². The Hall–Kier alpha value is -1.36. The number of fused-ring (bicyclic) bond motifs is 1. The third-order valence-corrected chi connectivity index (χ3v) is 3.27. The molecule has 2 rings (SSSR count). The average Bonchev–Trinajstić information content (AvgIpc) is 2.72. The first-order chi connectivity index (χ1) is 7.66. The molecule has 88 valence electrons. The van der Waals surface area contributed by atoms with E-state index >= 15 is 0 Å². The maximum atomic E-state index is 11.6. The number of carboxylic acid groups (broad SMARTS) is 1. The Labute approximate surface area is 94.3 Å². The highest BCUT2D eigenvalue weighted by molar-refractivity contribution is 5.93. The van der Waals surface area contributed by atoms with E-state index in [9.17, 15) is 9.59 Å². The van der Waals surface area contributed by atoms with Gasteiger partial charge in [0.2, 0.25) is 5.91 Å². The predicted octanol–water partition coefficient (Wildman–Crippen LogP) is -0.0662. The van der Waals surface area contributed by atoms with Gasteiger partial charge in [-0.2, -0.15) is 0 Å². The van der Waals surface area contributed by atoms with Gasteiger partial charge in [0.05, 0.1) is 0 Å². The Morgan fingerprint density at radius 2 is 2.00 bits per heavy atom. The van der Waals surface area contributed by atoms with Crippen molar-refractivity contribution in [2.75, 3.05) is 26.2 Å². The lowest BCUT2D eigenvalue weighted by atomic mass is 10.1. The first kappa shape index (κ1) is 11.1. The van der Waals surface area contributed by atoms with Gasteiger partial charge in [0.1, 0.15) is 0 Å². The molecule has 16 heavy (non-hydrogen) atoms. The highest BCUT2D eigenvalue weighted by Gasteiger charge is 2.31. The minimum atomic E-state index is -1.08. The molecular weight excluding hydrogens is 208 g/mol. The summed E-state index contributed by atoms with van der Waals surface area (Å²) in [5, 5.41) is 8.45. The van der Waals surface area contributed by atoms with Crippen LogP contribution in [-0.2, 0) is 9.59 Å². The van der Waals surface area contributed by atoms with Crippen LogP contribution in [0, 0.1) is 0 Å². The second-order valence-electron chi connectivity index (χ2n) is 4.29. The molecule has 5 heteroatoms. The molecule has 1 unspecified atom stereocenters. The maximum Gasteiger partial charge on any atom is 0.328 e.